The summed E-state index contributed by atoms with van der Waals surface area (Å²) in [6.07, 6.45) is 5.31. The number of hydrogen-bond acceptors (Lipinski definition) is 5. The Hall–Kier alpha value is -3.06. The second kappa shape index (κ2) is 10.7. The van der Waals surface area contributed by atoms with E-state index in [9.17, 15) is 9.59 Å². The number of fused-ring (bicyclic) bond motifs is 1. The minimum atomic E-state index is 0.00902. The van der Waals surface area contributed by atoms with Crippen LogP contribution in [0.3, 0.4) is 0 Å². The third-order valence-corrected chi connectivity index (χ3v) is 8.25. The largest absolute Gasteiger partial charge is 0.342 e. The van der Waals surface area contributed by atoms with Crippen LogP contribution in [-0.4, -0.2) is 75.8 Å². The average Bonchev–Trinajstić information content (AvgIpc) is 3.39. The zero-order valence-electron chi connectivity index (χ0n) is 22.6. The molecule has 0 radical (unpaired) electrons. The van der Waals surface area contributed by atoms with Gasteiger partial charge in [0, 0.05) is 57.2 Å². The molecule has 2 aromatic rings. The quantitative estimate of drug-likeness (QED) is 0.546. The van der Waals surface area contributed by atoms with Crippen LogP contribution < -0.4 is 0 Å². The van der Waals surface area contributed by atoms with Gasteiger partial charge in [-0.25, -0.2) is 9.97 Å². The van der Waals surface area contributed by atoms with E-state index in [0.29, 0.717) is 41.6 Å². The first kappa shape index (κ1) is 25.6. The molecule has 2 unspecified atom stereocenters. The van der Waals surface area contributed by atoms with Gasteiger partial charge in [0.1, 0.15) is 6.33 Å². The number of likely N-dealkylation sites (tertiary alicyclic amines) is 2. The first-order valence-electron chi connectivity index (χ1n) is 13.6. The van der Waals surface area contributed by atoms with Crippen molar-refractivity contribution in [3.63, 3.8) is 0 Å². The fourth-order valence-corrected chi connectivity index (χ4v) is 6.20. The van der Waals surface area contributed by atoms with Crippen LogP contribution in [0.25, 0.3) is 0 Å². The van der Waals surface area contributed by atoms with Gasteiger partial charge in [-0.15, -0.1) is 0 Å². The Bertz CT molecular complexity index is 1150. The summed E-state index contributed by atoms with van der Waals surface area (Å²) in [7, 11) is 0. The van der Waals surface area contributed by atoms with Gasteiger partial charge in [-0.05, 0) is 49.8 Å². The minimum Gasteiger partial charge on any atom is -0.342 e. The summed E-state index contributed by atoms with van der Waals surface area (Å²) >= 11 is 0. The lowest BCUT2D eigenvalue weighted by Gasteiger charge is -2.44. The highest BCUT2D eigenvalue weighted by Gasteiger charge is 2.39. The van der Waals surface area contributed by atoms with Gasteiger partial charge in [0.05, 0.1) is 17.0 Å². The molecule has 3 aliphatic heterocycles. The maximum Gasteiger partial charge on any atom is 0.261 e. The molecule has 0 aliphatic carbocycles. The molecule has 2 amide bonds. The molecule has 2 fully saturated rings. The number of nitrogens with zero attached hydrogens (tertiary/aromatic N) is 5. The van der Waals surface area contributed by atoms with Gasteiger partial charge in [0.15, 0.2) is 0 Å². The first-order chi connectivity index (χ1) is 17.8. The molecule has 3 aliphatic rings. The van der Waals surface area contributed by atoms with E-state index in [0.717, 1.165) is 57.1 Å². The molecule has 0 N–H and O–H groups in total. The molecule has 7 nitrogen and oxygen atoms in total. The van der Waals surface area contributed by atoms with E-state index in [2.05, 4.69) is 65.2 Å². The number of aryl methyl sites for hydroxylation is 2. The minimum absolute atomic E-state index is 0.00902. The van der Waals surface area contributed by atoms with Crippen LogP contribution in [0.4, 0.5) is 0 Å². The van der Waals surface area contributed by atoms with Gasteiger partial charge in [0.2, 0.25) is 5.91 Å². The summed E-state index contributed by atoms with van der Waals surface area (Å²) in [4.78, 5) is 40.6. The Morgan fingerprint density at radius 1 is 1.00 bits per heavy atom. The van der Waals surface area contributed by atoms with Crippen LogP contribution in [0.5, 0.6) is 0 Å². The first-order valence-corrected chi connectivity index (χ1v) is 13.6. The van der Waals surface area contributed by atoms with Crippen LogP contribution in [0, 0.1) is 31.6 Å². The molecule has 2 atom stereocenters. The molecule has 1 aromatic carbocycles. The van der Waals surface area contributed by atoms with Gasteiger partial charge in [-0.2, -0.15) is 0 Å². The predicted octanol–water partition coefficient (Wildman–Crippen LogP) is 4.04. The summed E-state index contributed by atoms with van der Waals surface area (Å²) < 4.78 is 0. The van der Waals surface area contributed by atoms with E-state index < -0.39 is 0 Å². The molecule has 4 heterocycles. The number of carbonyl (C=O) groups excluding carboxylic acids is 2. The number of amides is 2. The Morgan fingerprint density at radius 3 is 2.35 bits per heavy atom. The summed E-state index contributed by atoms with van der Waals surface area (Å²) in [5, 5.41) is 0. The van der Waals surface area contributed by atoms with Crippen LogP contribution >= 0.6 is 0 Å². The monoisotopic (exact) mass is 501 g/mol. The van der Waals surface area contributed by atoms with Crippen LogP contribution in [0.1, 0.15) is 59.9 Å². The topological polar surface area (TPSA) is 69.6 Å². The van der Waals surface area contributed by atoms with E-state index in [-0.39, 0.29) is 5.91 Å². The number of benzene rings is 1. The second-order valence-electron chi connectivity index (χ2n) is 11.5. The Kier molecular flexibility index (Phi) is 7.43. The molecule has 0 spiro atoms. The van der Waals surface area contributed by atoms with Crippen molar-refractivity contribution >= 4 is 11.8 Å². The van der Waals surface area contributed by atoms with Crippen molar-refractivity contribution in [1.82, 2.24) is 24.7 Å². The van der Waals surface area contributed by atoms with E-state index in [1.807, 2.05) is 23.6 Å². The SMILES string of the molecule is Cc1ncnc(C)c1C(=O)N1C=C2CN(CCC(c3ccccc3)C3CN(C(=O)CC(C)C)C3)CC2C1. The summed E-state index contributed by atoms with van der Waals surface area (Å²) in [6, 6.07) is 10.8. The Labute approximate surface area is 220 Å². The molecule has 37 heavy (non-hydrogen) atoms. The van der Waals surface area contributed by atoms with Crippen molar-refractivity contribution in [2.75, 3.05) is 39.3 Å². The van der Waals surface area contributed by atoms with E-state index in [1.165, 1.54) is 17.5 Å². The third kappa shape index (κ3) is 5.47. The Morgan fingerprint density at radius 2 is 1.70 bits per heavy atom. The number of hydrogen-bond donors (Lipinski definition) is 0. The molecule has 1 aromatic heterocycles. The van der Waals surface area contributed by atoms with Crippen molar-refractivity contribution in [2.45, 2.75) is 46.5 Å². The summed E-state index contributed by atoms with van der Waals surface area (Å²) in [5.74, 6) is 2.09. The van der Waals surface area contributed by atoms with Crippen molar-refractivity contribution in [1.29, 1.82) is 0 Å². The molecule has 196 valence electrons. The third-order valence-electron chi connectivity index (χ3n) is 8.25. The molecule has 0 saturated carbocycles. The van der Waals surface area contributed by atoms with Crippen LogP contribution in [-0.2, 0) is 4.79 Å². The standard InChI is InChI=1S/C30H39N5O2/c1-20(2)12-28(36)34-17-26(18-34)27(23-8-6-5-7-9-23)10-11-33-13-24-15-35(16-25(24)14-33)30(37)29-21(3)31-19-32-22(29)4/h5-9,15,19-20,25-27H,10-14,16-18H2,1-4H3. The lowest BCUT2D eigenvalue weighted by Crippen LogP contribution is -2.52. The average molecular weight is 502 g/mol. The van der Waals surface area contributed by atoms with E-state index >= 15 is 0 Å². The summed E-state index contributed by atoms with van der Waals surface area (Å²) in [6.45, 7) is 13.4. The highest BCUT2D eigenvalue weighted by molar-refractivity contribution is 5.97. The maximum absolute atomic E-state index is 13.2. The number of carbonyl (C=O) groups is 2. The summed E-state index contributed by atoms with van der Waals surface area (Å²) in [5.41, 5.74) is 4.84. The lowest BCUT2D eigenvalue weighted by molar-refractivity contribution is -0.139. The molecule has 2 saturated heterocycles. The molecule has 7 heteroatoms. The van der Waals surface area contributed by atoms with Gasteiger partial charge in [-0.3, -0.25) is 14.5 Å². The molecular formula is C30H39N5O2. The van der Waals surface area contributed by atoms with E-state index in [4.69, 9.17) is 0 Å². The van der Waals surface area contributed by atoms with Crippen molar-refractivity contribution < 1.29 is 9.59 Å². The fourth-order valence-electron chi connectivity index (χ4n) is 6.20. The molecular weight excluding hydrogens is 462 g/mol. The lowest BCUT2D eigenvalue weighted by atomic mass is 9.78. The second-order valence-corrected chi connectivity index (χ2v) is 11.5. The van der Waals surface area contributed by atoms with Crippen LogP contribution in [0.15, 0.2) is 48.4 Å². The van der Waals surface area contributed by atoms with Crippen molar-refractivity contribution in [2.24, 2.45) is 17.8 Å². The van der Waals surface area contributed by atoms with Crippen LogP contribution in [0.2, 0.25) is 0 Å². The van der Waals surface area contributed by atoms with Gasteiger partial charge in [-0.1, -0.05) is 44.2 Å². The predicted molar refractivity (Wildman–Crippen MR) is 144 cm³/mol. The molecule has 0 bridgehead atoms. The fraction of sp³-hybridized carbons (Fsp3) is 0.533. The molecule has 5 rings (SSSR count). The normalized spacial score (nSPS) is 20.7. The highest BCUT2D eigenvalue weighted by atomic mass is 16.2. The number of rotatable bonds is 8. The zero-order valence-corrected chi connectivity index (χ0v) is 22.6. The Balaban J connectivity index is 1.19. The smallest absolute Gasteiger partial charge is 0.261 e. The number of aromatic nitrogens is 2. The van der Waals surface area contributed by atoms with Gasteiger partial charge >= 0.3 is 0 Å². The highest BCUT2D eigenvalue weighted by Crippen LogP contribution is 2.37. The van der Waals surface area contributed by atoms with Crippen molar-refractivity contribution in [3.05, 3.63) is 70.9 Å². The van der Waals surface area contributed by atoms with Crippen molar-refractivity contribution in [3.8, 4) is 0 Å². The zero-order chi connectivity index (χ0) is 26.1. The van der Waals surface area contributed by atoms with Gasteiger partial charge in [0.25, 0.3) is 5.91 Å². The van der Waals surface area contributed by atoms with Gasteiger partial charge < -0.3 is 9.80 Å². The maximum atomic E-state index is 13.2. The van der Waals surface area contributed by atoms with E-state index in [1.54, 1.807) is 0 Å².